The zero-order chi connectivity index (χ0) is 10.2. The molecule has 0 amide bonds. The first-order valence-electron chi connectivity index (χ1n) is 4.70. The standard InChI is InChI=1S/C9H14FNO3.ClH/c1-13-7(12)8-4-11-5-9(8,10)2-3-14-6-8;/h11H,2-6H2,1H3;1H. The minimum atomic E-state index is -1.50. The topological polar surface area (TPSA) is 47.6 Å². The van der Waals surface area contributed by atoms with E-state index in [9.17, 15) is 9.18 Å². The Bertz CT molecular complexity index is 266. The van der Waals surface area contributed by atoms with Crippen LogP contribution in [-0.2, 0) is 14.3 Å². The van der Waals surface area contributed by atoms with Crippen molar-refractivity contribution in [3.05, 3.63) is 0 Å². The number of fused-ring (bicyclic) bond motifs is 1. The van der Waals surface area contributed by atoms with Crippen molar-refractivity contribution in [2.75, 3.05) is 33.4 Å². The number of hydrogen-bond acceptors (Lipinski definition) is 4. The SMILES string of the molecule is COC(=O)C12CNCC1(F)CCOC2.Cl. The summed E-state index contributed by atoms with van der Waals surface area (Å²) >= 11 is 0. The molecule has 2 rings (SSSR count). The van der Waals surface area contributed by atoms with Crippen molar-refractivity contribution in [1.29, 1.82) is 0 Å². The van der Waals surface area contributed by atoms with Gasteiger partial charge in [-0.2, -0.15) is 0 Å². The van der Waals surface area contributed by atoms with Crippen LogP contribution in [0, 0.1) is 5.41 Å². The number of hydrogen-bond donors (Lipinski definition) is 1. The number of rotatable bonds is 1. The predicted molar refractivity (Wildman–Crippen MR) is 53.8 cm³/mol. The van der Waals surface area contributed by atoms with Crippen LogP contribution in [0.4, 0.5) is 4.39 Å². The van der Waals surface area contributed by atoms with Gasteiger partial charge in [0.15, 0.2) is 0 Å². The van der Waals surface area contributed by atoms with E-state index < -0.39 is 17.1 Å². The van der Waals surface area contributed by atoms with Gasteiger partial charge < -0.3 is 14.8 Å². The molecule has 0 aromatic carbocycles. The molecule has 2 fully saturated rings. The molecular formula is C9H15ClFNO3. The maximum atomic E-state index is 14.4. The van der Waals surface area contributed by atoms with Gasteiger partial charge in [0.2, 0.25) is 0 Å². The van der Waals surface area contributed by atoms with Gasteiger partial charge in [-0.1, -0.05) is 0 Å². The molecule has 0 aromatic rings. The van der Waals surface area contributed by atoms with Gasteiger partial charge in [0.05, 0.1) is 13.7 Å². The van der Waals surface area contributed by atoms with Crippen LogP contribution in [0.2, 0.25) is 0 Å². The van der Waals surface area contributed by atoms with E-state index in [1.54, 1.807) is 0 Å². The number of carbonyl (C=O) groups is 1. The highest BCUT2D eigenvalue weighted by molar-refractivity contribution is 5.85. The molecule has 2 saturated heterocycles. The van der Waals surface area contributed by atoms with Gasteiger partial charge in [-0.05, 0) is 0 Å². The average molecular weight is 240 g/mol. The lowest BCUT2D eigenvalue weighted by Crippen LogP contribution is -2.56. The van der Waals surface area contributed by atoms with Crippen LogP contribution in [0.5, 0.6) is 0 Å². The average Bonchev–Trinajstić information content (AvgIpc) is 2.55. The molecule has 2 heterocycles. The molecule has 4 nitrogen and oxygen atoms in total. The molecule has 0 saturated carbocycles. The highest BCUT2D eigenvalue weighted by atomic mass is 35.5. The van der Waals surface area contributed by atoms with Crippen LogP contribution in [0.15, 0.2) is 0 Å². The summed E-state index contributed by atoms with van der Waals surface area (Å²) in [6.45, 7) is 1.00. The van der Waals surface area contributed by atoms with Gasteiger partial charge in [0.25, 0.3) is 0 Å². The molecule has 2 unspecified atom stereocenters. The Kier molecular flexibility index (Phi) is 3.58. The fourth-order valence-corrected chi connectivity index (χ4v) is 2.30. The third-order valence-electron chi connectivity index (χ3n) is 3.26. The van der Waals surface area contributed by atoms with Crippen molar-refractivity contribution in [1.82, 2.24) is 5.32 Å². The maximum Gasteiger partial charge on any atom is 0.318 e. The Hall–Kier alpha value is -0.390. The fraction of sp³-hybridized carbons (Fsp3) is 0.889. The number of alkyl halides is 1. The van der Waals surface area contributed by atoms with E-state index in [1.807, 2.05) is 0 Å². The summed E-state index contributed by atoms with van der Waals surface area (Å²) < 4.78 is 24.3. The zero-order valence-corrected chi connectivity index (χ0v) is 9.36. The Balaban J connectivity index is 0.00000112. The van der Waals surface area contributed by atoms with Crippen LogP contribution in [-0.4, -0.2) is 45.1 Å². The largest absolute Gasteiger partial charge is 0.468 e. The second-order valence-electron chi connectivity index (χ2n) is 3.95. The lowest BCUT2D eigenvalue weighted by molar-refractivity contribution is -0.175. The predicted octanol–water partition coefficient (Wildman–Crippen LogP) is 0.299. The van der Waals surface area contributed by atoms with Crippen LogP contribution >= 0.6 is 12.4 Å². The Morgan fingerprint density at radius 2 is 2.27 bits per heavy atom. The summed E-state index contributed by atoms with van der Waals surface area (Å²) in [4.78, 5) is 11.6. The zero-order valence-electron chi connectivity index (χ0n) is 8.55. The van der Waals surface area contributed by atoms with Gasteiger partial charge in [0, 0.05) is 26.1 Å². The molecule has 2 aliphatic rings. The van der Waals surface area contributed by atoms with Crippen LogP contribution < -0.4 is 5.32 Å². The Morgan fingerprint density at radius 3 is 2.93 bits per heavy atom. The first-order chi connectivity index (χ1) is 6.65. The molecule has 2 atom stereocenters. The van der Waals surface area contributed by atoms with Crippen molar-refractivity contribution in [3.63, 3.8) is 0 Å². The van der Waals surface area contributed by atoms with Crippen molar-refractivity contribution >= 4 is 18.4 Å². The van der Waals surface area contributed by atoms with E-state index in [0.29, 0.717) is 13.2 Å². The number of esters is 1. The molecule has 2 aliphatic heterocycles. The smallest absolute Gasteiger partial charge is 0.318 e. The molecule has 1 N–H and O–H groups in total. The minimum Gasteiger partial charge on any atom is -0.468 e. The summed E-state index contributed by atoms with van der Waals surface area (Å²) in [5, 5.41) is 2.90. The van der Waals surface area contributed by atoms with Gasteiger partial charge in [0.1, 0.15) is 11.1 Å². The van der Waals surface area contributed by atoms with E-state index in [4.69, 9.17) is 4.74 Å². The number of nitrogens with one attached hydrogen (secondary N) is 1. The van der Waals surface area contributed by atoms with Crippen LogP contribution in [0.3, 0.4) is 0 Å². The Labute approximate surface area is 93.9 Å². The number of carbonyl (C=O) groups excluding carboxylic acids is 1. The van der Waals surface area contributed by atoms with Crippen molar-refractivity contribution in [2.24, 2.45) is 5.41 Å². The van der Waals surface area contributed by atoms with E-state index in [1.165, 1.54) is 7.11 Å². The van der Waals surface area contributed by atoms with Gasteiger partial charge in [-0.25, -0.2) is 4.39 Å². The number of methoxy groups -OCH3 is 1. The molecule has 0 spiro atoms. The first kappa shape index (κ1) is 12.7. The fourth-order valence-electron chi connectivity index (χ4n) is 2.30. The summed E-state index contributed by atoms with van der Waals surface area (Å²) in [6, 6.07) is 0. The molecule has 88 valence electrons. The minimum absolute atomic E-state index is 0. The molecule has 0 radical (unpaired) electrons. The highest BCUT2D eigenvalue weighted by Crippen LogP contribution is 2.45. The van der Waals surface area contributed by atoms with Crippen molar-refractivity contribution in [2.45, 2.75) is 12.1 Å². The van der Waals surface area contributed by atoms with E-state index >= 15 is 0 Å². The van der Waals surface area contributed by atoms with Crippen LogP contribution in [0.1, 0.15) is 6.42 Å². The quantitative estimate of drug-likeness (QED) is 0.669. The lowest BCUT2D eigenvalue weighted by Gasteiger charge is -2.40. The normalized spacial score (nSPS) is 39.1. The molecule has 0 aliphatic carbocycles. The third kappa shape index (κ3) is 1.62. The van der Waals surface area contributed by atoms with Gasteiger partial charge >= 0.3 is 5.97 Å². The lowest BCUT2D eigenvalue weighted by atomic mass is 9.73. The first-order valence-corrected chi connectivity index (χ1v) is 4.70. The molecule has 6 heteroatoms. The molecule has 0 bridgehead atoms. The third-order valence-corrected chi connectivity index (χ3v) is 3.26. The molecular weight excluding hydrogens is 225 g/mol. The molecule has 0 aromatic heterocycles. The summed E-state index contributed by atoms with van der Waals surface area (Å²) in [7, 11) is 1.28. The highest BCUT2D eigenvalue weighted by Gasteiger charge is 2.63. The number of ether oxygens (including phenoxy) is 2. The summed E-state index contributed by atoms with van der Waals surface area (Å²) in [5.41, 5.74) is -2.63. The Morgan fingerprint density at radius 1 is 1.53 bits per heavy atom. The van der Waals surface area contributed by atoms with E-state index in [-0.39, 0.29) is 32.0 Å². The van der Waals surface area contributed by atoms with Gasteiger partial charge in [-0.3, -0.25) is 4.79 Å². The second kappa shape index (κ2) is 4.23. The van der Waals surface area contributed by atoms with E-state index in [2.05, 4.69) is 10.1 Å². The number of halogens is 2. The maximum absolute atomic E-state index is 14.4. The monoisotopic (exact) mass is 239 g/mol. The summed E-state index contributed by atoms with van der Waals surface area (Å²) in [5.74, 6) is -0.510. The molecule has 15 heavy (non-hydrogen) atoms. The van der Waals surface area contributed by atoms with Crippen LogP contribution in [0.25, 0.3) is 0 Å². The van der Waals surface area contributed by atoms with Crippen molar-refractivity contribution < 1.29 is 18.7 Å². The summed E-state index contributed by atoms with van der Waals surface area (Å²) in [6.07, 6.45) is 0.259. The van der Waals surface area contributed by atoms with Crippen molar-refractivity contribution in [3.8, 4) is 0 Å². The van der Waals surface area contributed by atoms with Gasteiger partial charge in [-0.15, -0.1) is 12.4 Å². The van der Waals surface area contributed by atoms with E-state index in [0.717, 1.165) is 0 Å². The second-order valence-corrected chi connectivity index (χ2v) is 3.95.